The van der Waals surface area contributed by atoms with Gasteiger partial charge in [-0.05, 0) is 29.7 Å². The van der Waals surface area contributed by atoms with Gasteiger partial charge in [0.15, 0.2) is 0 Å². The number of benzene rings is 1. The molecule has 3 heteroatoms. The maximum Gasteiger partial charge on any atom is 0.115 e. The molecule has 1 aromatic carbocycles. The second-order valence-electron chi connectivity index (χ2n) is 3.08. The monoisotopic (exact) mass is 180 g/mol. The minimum absolute atomic E-state index is 0.129. The quantitative estimate of drug-likeness (QED) is 0.647. The fourth-order valence-electron chi connectivity index (χ4n) is 1.39. The lowest BCUT2D eigenvalue weighted by Crippen LogP contribution is -2.21. The molecule has 0 spiro atoms. The van der Waals surface area contributed by atoms with Crippen molar-refractivity contribution in [2.45, 2.75) is 19.4 Å². The van der Waals surface area contributed by atoms with Gasteiger partial charge in [-0.15, -0.1) is 0 Å². The Bertz CT molecular complexity index is 286. The number of phenols is 1. The molecule has 0 saturated carbocycles. The van der Waals surface area contributed by atoms with Crippen LogP contribution in [0.1, 0.15) is 24.1 Å². The van der Waals surface area contributed by atoms with Gasteiger partial charge in [0, 0.05) is 12.6 Å². The van der Waals surface area contributed by atoms with Gasteiger partial charge in [-0.3, -0.25) is 0 Å². The number of aromatic hydroxyl groups is 1. The molecule has 0 fully saturated rings. The first-order valence-electron chi connectivity index (χ1n) is 4.46. The van der Waals surface area contributed by atoms with Crippen LogP contribution in [0.3, 0.4) is 0 Å². The van der Waals surface area contributed by atoms with E-state index in [1.807, 2.05) is 13.0 Å². The van der Waals surface area contributed by atoms with Crippen molar-refractivity contribution in [3.8, 4) is 5.75 Å². The van der Waals surface area contributed by atoms with Gasteiger partial charge in [-0.25, -0.2) is 0 Å². The summed E-state index contributed by atoms with van der Waals surface area (Å²) in [6.07, 6.45) is 0.859. The molecule has 0 amide bonds. The highest BCUT2D eigenvalue weighted by Crippen LogP contribution is 2.21. The number of aryl methyl sites for hydroxylation is 1. The van der Waals surface area contributed by atoms with E-state index in [2.05, 4.69) is 0 Å². The molecule has 0 aliphatic rings. The number of nitrogens with two attached hydrogens (primary N) is 2. The molecule has 72 valence electrons. The van der Waals surface area contributed by atoms with E-state index in [1.54, 1.807) is 12.1 Å². The summed E-state index contributed by atoms with van der Waals surface area (Å²) in [6.45, 7) is 2.46. The zero-order valence-electron chi connectivity index (χ0n) is 7.83. The van der Waals surface area contributed by atoms with Crippen molar-refractivity contribution in [3.05, 3.63) is 29.3 Å². The van der Waals surface area contributed by atoms with Crippen LogP contribution < -0.4 is 11.5 Å². The molecule has 13 heavy (non-hydrogen) atoms. The van der Waals surface area contributed by atoms with E-state index in [1.165, 1.54) is 0 Å². The Morgan fingerprint density at radius 1 is 1.46 bits per heavy atom. The Balaban J connectivity index is 3.05. The zero-order valence-corrected chi connectivity index (χ0v) is 7.83. The molecule has 1 unspecified atom stereocenters. The Morgan fingerprint density at radius 3 is 2.69 bits per heavy atom. The predicted molar refractivity (Wildman–Crippen MR) is 53.5 cm³/mol. The molecular weight excluding hydrogens is 164 g/mol. The first-order valence-corrected chi connectivity index (χ1v) is 4.46. The molecular formula is C10H16N2O. The van der Waals surface area contributed by atoms with E-state index < -0.39 is 0 Å². The van der Waals surface area contributed by atoms with Gasteiger partial charge in [0.1, 0.15) is 5.75 Å². The summed E-state index contributed by atoms with van der Waals surface area (Å²) in [7, 11) is 0. The van der Waals surface area contributed by atoms with Crippen molar-refractivity contribution in [2.75, 3.05) is 6.54 Å². The van der Waals surface area contributed by atoms with E-state index in [-0.39, 0.29) is 11.8 Å². The minimum atomic E-state index is -0.129. The molecule has 0 bridgehead atoms. The van der Waals surface area contributed by atoms with Crippen LogP contribution in [0.2, 0.25) is 0 Å². The van der Waals surface area contributed by atoms with Crippen molar-refractivity contribution in [1.82, 2.24) is 0 Å². The minimum Gasteiger partial charge on any atom is -0.508 e. The van der Waals surface area contributed by atoms with Crippen molar-refractivity contribution in [3.63, 3.8) is 0 Å². The molecule has 1 atom stereocenters. The Hall–Kier alpha value is -1.06. The van der Waals surface area contributed by atoms with E-state index in [9.17, 15) is 5.11 Å². The summed E-state index contributed by atoms with van der Waals surface area (Å²) >= 11 is 0. The topological polar surface area (TPSA) is 72.3 Å². The first kappa shape index (κ1) is 10.0. The molecule has 0 saturated heterocycles. The summed E-state index contributed by atoms with van der Waals surface area (Å²) in [5, 5.41) is 9.25. The highest BCUT2D eigenvalue weighted by atomic mass is 16.3. The van der Waals surface area contributed by atoms with Crippen LogP contribution in [-0.4, -0.2) is 11.7 Å². The number of phenolic OH excluding ortho intramolecular Hbond substituents is 1. The number of rotatable bonds is 3. The van der Waals surface area contributed by atoms with Gasteiger partial charge in [-0.1, -0.05) is 13.0 Å². The lowest BCUT2D eigenvalue weighted by atomic mass is 9.99. The van der Waals surface area contributed by atoms with Gasteiger partial charge < -0.3 is 16.6 Å². The Morgan fingerprint density at radius 2 is 2.15 bits per heavy atom. The van der Waals surface area contributed by atoms with Crippen LogP contribution >= 0.6 is 0 Å². The largest absolute Gasteiger partial charge is 0.508 e. The standard InChI is InChI=1S/C10H16N2O/c1-2-7-5-8(13)3-4-9(7)10(12)6-11/h3-5,10,13H,2,6,11-12H2,1H3. The Kier molecular flexibility index (Phi) is 3.28. The summed E-state index contributed by atoms with van der Waals surface area (Å²) in [6, 6.07) is 5.09. The third kappa shape index (κ3) is 2.20. The summed E-state index contributed by atoms with van der Waals surface area (Å²) in [5.74, 6) is 0.282. The van der Waals surface area contributed by atoms with Crippen LogP contribution in [0.5, 0.6) is 5.75 Å². The van der Waals surface area contributed by atoms with Gasteiger partial charge in [0.05, 0.1) is 0 Å². The zero-order chi connectivity index (χ0) is 9.84. The highest BCUT2D eigenvalue weighted by Gasteiger charge is 2.08. The summed E-state index contributed by atoms with van der Waals surface area (Å²) in [5.41, 5.74) is 13.4. The van der Waals surface area contributed by atoms with Crippen molar-refractivity contribution >= 4 is 0 Å². The summed E-state index contributed by atoms with van der Waals surface area (Å²) < 4.78 is 0. The van der Waals surface area contributed by atoms with Crippen LogP contribution in [0, 0.1) is 0 Å². The molecule has 1 rings (SSSR count). The average Bonchev–Trinajstić information content (AvgIpc) is 2.16. The second kappa shape index (κ2) is 4.25. The molecule has 3 nitrogen and oxygen atoms in total. The number of hydrogen-bond acceptors (Lipinski definition) is 3. The smallest absolute Gasteiger partial charge is 0.115 e. The third-order valence-corrected chi connectivity index (χ3v) is 2.16. The van der Waals surface area contributed by atoms with Crippen LogP contribution in [0.25, 0.3) is 0 Å². The lowest BCUT2D eigenvalue weighted by molar-refractivity contribution is 0.474. The van der Waals surface area contributed by atoms with E-state index >= 15 is 0 Å². The van der Waals surface area contributed by atoms with Crippen LogP contribution in [-0.2, 0) is 6.42 Å². The fourth-order valence-corrected chi connectivity index (χ4v) is 1.39. The maximum atomic E-state index is 9.25. The number of hydrogen-bond donors (Lipinski definition) is 3. The molecule has 1 aromatic rings. The van der Waals surface area contributed by atoms with E-state index in [0.717, 1.165) is 17.5 Å². The van der Waals surface area contributed by atoms with Gasteiger partial charge in [-0.2, -0.15) is 0 Å². The molecule has 0 aromatic heterocycles. The fraction of sp³-hybridized carbons (Fsp3) is 0.400. The maximum absolute atomic E-state index is 9.25. The van der Waals surface area contributed by atoms with Gasteiger partial charge in [0.2, 0.25) is 0 Å². The van der Waals surface area contributed by atoms with E-state index in [0.29, 0.717) is 6.54 Å². The van der Waals surface area contributed by atoms with Gasteiger partial charge in [0.25, 0.3) is 0 Å². The molecule has 0 aliphatic carbocycles. The SMILES string of the molecule is CCc1cc(O)ccc1C(N)CN. The predicted octanol–water partition coefficient (Wildman–Crippen LogP) is 0.913. The molecule has 0 heterocycles. The molecule has 5 N–H and O–H groups in total. The van der Waals surface area contributed by atoms with Crippen molar-refractivity contribution in [1.29, 1.82) is 0 Å². The highest BCUT2D eigenvalue weighted by molar-refractivity contribution is 5.36. The van der Waals surface area contributed by atoms with Crippen LogP contribution in [0.4, 0.5) is 0 Å². The first-order chi connectivity index (χ1) is 6.19. The summed E-state index contributed by atoms with van der Waals surface area (Å²) in [4.78, 5) is 0. The average molecular weight is 180 g/mol. The van der Waals surface area contributed by atoms with Crippen molar-refractivity contribution < 1.29 is 5.11 Å². The molecule has 0 radical (unpaired) electrons. The lowest BCUT2D eigenvalue weighted by Gasteiger charge is -2.13. The van der Waals surface area contributed by atoms with Gasteiger partial charge >= 0.3 is 0 Å². The third-order valence-electron chi connectivity index (χ3n) is 2.16. The van der Waals surface area contributed by atoms with E-state index in [4.69, 9.17) is 11.5 Å². The van der Waals surface area contributed by atoms with Crippen molar-refractivity contribution in [2.24, 2.45) is 11.5 Å². The van der Waals surface area contributed by atoms with Crippen LogP contribution in [0.15, 0.2) is 18.2 Å². The normalized spacial score (nSPS) is 12.8. The molecule has 0 aliphatic heterocycles. The Labute approximate surface area is 78.4 Å². The second-order valence-corrected chi connectivity index (χ2v) is 3.08.